The molecule has 0 spiro atoms. The number of nitrogens with one attached hydrogen (secondary N) is 1. The van der Waals surface area contributed by atoms with Crippen molar-refractivity contribution in [2.45, 2.75) is 19.5 Å². The van der Waals surface area contributed by atoms with Gasteiger partial charge in [0, 0.05) is 47.0 Å². The minimum atomic E-state index is 0.632. The second-order valence-electron chi connectivity index (χ2n) is 3.82. The van der Waals surface area contributed by atoms with Gasteiger partial charge in [-0.1, -0.05) is 0 Å². The minimum absolute atomic E-state index is 0.632. The molecule has 0 aliphatic carbocycles. The van der Waals surface area contributed by atoms with Crippen molar-refractivity contribution in [1.29, 1.82) is 0 Å². The lowest BCUT2D eigenvalue weighted by Gasteiger charge is -2.31. The van der Waals surface area contributed by atoms with E-state index in [0.717, 1.165) is 19.6 Å². The molecular formula is C10H15BrN2S. The van der Waals surface area contributed by atoms with Gasteiger partial charge in [-0.3, -0.25) is 4.90 Å². The van der Waals surface area contributed by atoms with E-state index in [4.69, 9.17) is 0 Å². The van der Waals surface area contributed by atoms with Crippen LogP contribution in [0.2, 0.25) is 0 Å². The molecule has 1 aromatic rings. The molecule has 0 saturated carbocycles. The predicted molar refractivity (Wildman–Crippen MR) is 64.8 cm³/mol. The summed E-state index contributed by atoms with van der Waals surface area (Å²) in [4.78, 5) is 3.96. The van der Waals surface area contributed by atoms with E-state index in [1.807, 2.05) is 11.3 Å². The van der Waals surface area contributed by atoms with Crippen molar-refractivity contribution in [3.8, 4) is 0 Å². The van der Waals surface area contributed by atoms with Crippen molar-refractivity contribution >= 4 is 27.3 Å². The molecule has 2 heterocycles. The fourth-order valence-electron chi connectivity index (χ4n) is 1.81. The maximum absolute atomic E-state index is 3.49. The molecule has 0 radical (unpaired) electrons. The van der Waals surface area contributed by atoms with E-state index in [-0.39, 0.29) is 0 Å². The first-order valence-corrected chi connectivity index (χ1v) is 6.60. The summed E-state index contributed by atoms with van der Waals surface area (Å²) in [7, 11) is 0. The lowest BCUT2D eigenvalue weighted by atomic mass is 10.2. The monoisotopic (exact) mass is 274 g/mol. The summed E-state index contributed by atoms with van der Waals surface area (Å²) in [6.45, 7) is 6.79. The topological polar surface area (TPSA) is 15.3 Å². The van der Waals surface area contributed by atoms with Crippen LogP contribution in [0.4, 0.5) is 0 Å². The van der Waals surface area contributed by atoms with Gasteiger partial charge in [0.15, 0.2) is 0 Å². The molecule has 0 bridgehead atoms. The van der Waals surface area contributed by atoms with Gasteiger partial charge < -0.3 is 5.32 Å². The summed E-state index contributed by atoms with van der Waals surface area (Å²) in [6, 6.07) is 2.85. The first-order chi connectivity index (χ1) is 6.74. The van der Waals surface area contributed by atoms with Crippen LogP contribution in [-0.4, -0.2) is 30.6 Å². The lowest BCUT2D eigenvalue weighted by molar-refractivity contribution is 0.201. The molecule has 1 aromatic heterocycles. The normalized spacial score (nSPS) is 24.0. The van der Waals surface area contributed by atoms with Crippen molar-refractivity contribution < 1.29 is 0 Å². The summed E-state index contributed by atoms with van der Waals surface area (Å²) >= 11 is 5.32. The van der Waals surface area contributed by atoms with Gasteiger partial charge in [0.05, 0.1) is 0 Å². The van der Waals surface area contributed by atoms with Crippen LogP contribution in [0, 0.1) is 0 Å². The Morgan fingerprint density at radius 3 is 3.21 bits per heavy atom. The van der Waals surface area contributed by atoms with Crippen LogP contribution in [0.15, 0.2) is 15.9 Å². The Hall–Kier alpha value is 0.1000. The van der Waals surface area contributed by atoms with Crippen molar-refractivity contribution in [2.75, 3.05) is 19.6 Å². The van der Waals surface area contributed by atoms with E-state index < -0.39 is 0 Å². The van der Waals surface area contributed by atoms with E-state index in [1.54, 1.807) is 0 Å². The number of thiophene rings is 1. The summed E-state index contributed by atoms with van der Waals surface area (Å²) < 4.78 is 1.21. The van der Waals surface area contributed by atoms with E-state index in [2.05, 4.69) is 44.5 Å². The number of hydrogen-bond acceptors (Lipinski definition) is 3. The van der Waals surface area contributed by atoms with Gasteiger partial charge >= 0.3 is 0 Å². The molecule has 1 saturated heterocycles. The third-order valence-electron chi connectivity index (χ3n) is 2.45. The molecule has 2 rings (SSSR count). The zero-order valence-electron chi connectivity index (χ0n) is 8.29. The Morgan fingerprint density at radius 1 is 1.71 bits per heavy atom. The molecule has 0 aromatic carbocycles. The molecule has 1 N–H and O–H groups in total. The molecule has 1 atom stereocenters. The molecule has 2 nitrogen and oxygen atoms in total. The van der Waals surface area contributed by atoms with E-state index in [1.165, 1.54) is 15.9 Å². The zero-order chi connectivity index (χ0) is 9.97. The van der Waals surface area contributed by atoms with Crippen LogP contribution < -0.4 is 5.32 Å². The number of halogens is 1. The largest absolute Gasteiger partial charge is 0.312 e. The molecule has 0 amide bonds. The fraction of sp³-hybridized carbons (Fsp3) is 0.600. The number of nitrogens with zero attached hydrogens (tertiary/aromatic N) is 1. The molecule has 1 fully saturated rings. The highest BCUT2D eigenvalue weighted by Crippen LogP contribution is 2.21. The molecule has 1 aliphatic rings. The van der Waals surface area contributed by atoms with Crippen LogP contribution in [0.3, 0.4) is 0 Å². The lowest BCUT2D eigenvalue weighted by Crippen LogP contribution is -2.48. The van der Waals surface area contributed by atoms with Gasteiger partial charge in [-0.15, -0.1) is 11.3 Å². The van der Waals surface area contributed by atoms with Crippen molar-refractivity contribution in [1.82, 2.24) is 10.2 Å². The zero-order valence-corrected chi connectivity index (χ0v) is 10.7. The second-order valence-corrected chi connectivity index (χ2v) is 5.73. The quantitative estimate of drug-likeness (QED) is 0.891. The Labute approximate surface area is 97.4 Å². The van der Waals surface area contributed by atoms with Crippen molar-refractivity contribution in [2.24, 2.45) is 0 Å². The second kappa shape index (κ2) is 4.75. The summed E-state index contributed by atoms with van der Waals surface area (Å²) in [5.41, 5.74) is 0. The fourth-order valence-corrected chi connectivity index (χ4v) is 3.31. The molecule has 14 heavy (non-hydrogen) atoms. The number of hydrogen-bond donors (Lipinski definition) is 1. The van der Waals surface area contributed by atoms with Crippen LogP contribution in [0.25, 0.3) is 0 Å². The highest BCUT2D eigenvalue weighted by atomic mass is 79.9. The summed E-state index contributed by atoms with van der Waals surface area (Å²) in [6.07, 6.45) is 0. The van der Waals surface area contributed by atoms with Crippen LogP contribution >= 0.6 is 27.3 Å². The van der Waals surface area contributed by atoms with Gasteiger partial charge in [-0.05, 0) is 28.9 Å². The highest BCUT2D eigenvalue weighted by molar-refractivity contribution is 9.10. The van der Waals surface area contributed by atoms with Crippen LogP contribution in [-0.2, 0) is 6.54 Å². The maximum atomic E-state index is 3.49. The Morgan fingerprint density at radius 2 is 2.57 bits per heavy atom. The molecule has 1 unspecified atom stereocenters. The minimum Gasteiger partial charge on any atom is -0.312 e. The maximum Gasteiger partial charge on any atom is 0.0329 e. The van der Waals surface area contributed by atoms with E-state index in [9.17, 15) is 0 Å². The third-order valence-corrected chi connectivity index (χ3v) is 4.14. The standard InChI is InChI=1S/C10H15BrN2S/c1-8-5-13(3-2-12-8)6-10-4-9(11)7-14-10/h4,7-8,12H,2-3,5-6H2,1H3. The Bertz CT molecular complexity index is 300. The predicted octanol–water partition coefficient (Wildman–Crippen LogP) is 2.30. The van der Waals surface area contributed by atoms with Crippen molar-refractivity contribution in [3.05, 3.63) is 20.8 Å². The van der Waals surface area contributed by atoms with Crippen molar-refractivity contribution in [3.63, 3.8) is 0 Å². The van der Waals surface area contributed by atoms with Crippen LogP contribution in [0.5, 0.6) is 0 Å². The Balaban J connectivity index is 1.90. The average Bonchev–Trinajstić information content (AvgIpc) is 2.51. The third kappa shape index (κ3) is 2.79. The van der Waals surface area contributed by atoms with E-state index >= 15 is 0 Å². The first kappa shape index (κ1) is 10.6. The highest BCUT2D eigenvalue weighted by Gasteiger charge is 2.15. The first-order valence-electron chi connectivity index (χ1n) is 4.92. The molecule has 1 aliphatic heterocycles. The molecule has 4 heteroatoms. The van der Waals surface area contributed by atoms with Gasteiger partial charge in [-0.25, -0.2) is 0 Å². The van der Waals surface area contributed by atoms with E-state index in [0.29, 0.717) is 6.04 Å². The summed E-state index contributed by atoms with van der Waals surface area (Å²) in [5.74, 6) is 0. The number of piperazine rings is 1. The summed E-state index contributed by atoms with van der Waals surface area (Å²) in [5, 5.41) is 5.61. The molecule has 78 valence electrons. The van der Waals surface area contributed by atoms with Crippen LogP contribution in [0.1, 0.15) is 11.8 Å². The van der Waals surface area contributed by atoms with Gasteiger partial charge in [0.25, 0.3) is 0 Å². The number of rotatable bonds is 2. The van der Waals surface area contributed by atoms with Gasteiger partial charge in [0.1, 0.15) is 0 Å². The Kier molecular flexibility index (Phi) is 3.60. The average molecular weight is 275 g/mol. The van der Waals surface area contributed by atoms with Gasteiger partial charge in [0.2, 0.25) is 0 Å². The smallest absolute Gasteiger partial charge is 0.0329 e. The van der Waals surface area contributed by atoms with Gasteiger partial charge in [-0.2, -0.15) is 0 Å². The SMILES string of the molecule is CC1CN(Cc2cc(Br)cs2)CCN1. The molecular weight excluding hydrogens is 260 g/mol.